The van der Waals surface area contributed by atoms with Crippen LogP contribution in [0.3, 0.4) is 0 Å². The summed E-state index contributed by atoms with van der Waals surface area (Å²) in [4.78, 5) is 17.5. The minimum Gasteiger partial charge on any atom is -0.508 e. The number of nitrogens with one attached hydrogen (secondary N) is 1. The molecule has 8 aromatic rings. The van der Waals surface area contributed by atoms with Gasteiger partial charge >= 0.3 is 12.1 Å². The molecule has 0 fully saturated rings. The zero-order chi connectivity index (χ0) is 35.9. The molecule has 3 aromatic carbocycles. The number of hydrogen-bond donors (Lipinski definition) is 4. The van der Waals surface area contributed by atoms with Crippen LogP contribution in [0.5, 0.6) is 23.4 Å². The van der Waals surface area contributed by atoms with Crippen molar-refractivity contribution in [2.45, 2.75) is 26.3 Å². The number of aromatic nitrogens is 6. The fourth-order valence-corrected chi connectivity index (χ4v) is 6.55. The van der Waals surface area contributed by atoms with Gasteiger partial charge in [-0.2, -0.15) is 0 Å². The average Bonchev–Trinajstić information content (AvgIpc) is 3.83. The topological polar surface area (TPSA) is 161 Å². The van der Waals surface area contributed by atoms with E-state index >= 15 is 0 Å². The second kappa shape index (κ2) is 13.3. The van der Waals surface area contributed by atoms with Crippen molar-refractivity contribution in [2.24, 2.45) is 0 Å². The highest BCUT2D eigenvalue weighted by Gasteiger charge is 2.21. The quantitative estimate of drug-likeness (QED) is 0.112. The molecule has 52 heavy (non-hydrogen) atoms. The molecular formula is C39H35N7O6. The number of fused-ring (bicyclic) bond motifs is 5. The van der Waals surface area contributed by atoms with Gasteiger partial charge in [-0.25, -0.2) is 14.3 Å². The maximum Gasteiger partial charge on any atom is 0.413 e. The summed E-state index contributed by atoms with van der Waals surface area (Å²) < 4.78 is 16.8. The molecule has 0 aliphatic carbocycles. The highest BCUT2D eigenvalue weighted by molar-refractivity contribution is 6.01. The van der Waals surface area contributed by atoms with Crippen molar-refractivity contribution in [3.63, 3.8) is 0 Å². The molecule has 0 atom stereocenters. The summed E-state index contributed by atoms with van der Waals surface area (Å²) in [5.74, 6) is 0.429. The lowest BCUT2D eigenvalue weighted by Crippen LogP contribution is -2.30. The van der Waals surface area contributed by atoms with Gasteiger partial charge in [-0.3, -0.25) is 4.40 Å². The van der Waals surface area contributed by atoms with Crippen LogP contribution < -0.4 is 10.1 Å². The average molecular weight is 698 g/mol. The molecule has 1 amide bonds. The van der Waals surface area contributed by atoms with Crippen LogP contribution in [-0.4, -0.2) is 69.9 Å². The molecule has 0 saturated heterocycles. The van der Waals surface area contributed by atoms with E-state index in [4.69, 9.17) is 14.5 Å². The number of carbonyl (C=O) groups excluding carboxylic acids is 1. The standard InChI is InChI=1S/C39H35N7O6/c1-23(2)28-20-29(34(48)21-33(28)47)37-42-43-38(49)46(37)27-10-11-31-25(19-27)12-14-44(31)15-17-51-16-13-40-39(50)52-35-9-5-8-32-36-26(22-45(32)35)18-24-6-3-4-7-30(24)41-36/h3-12,14,18-23,47-48H,13,15-17H2,1-2H3,(H,40,50)(H,43,49). The van der Waals surface area contributed by atoms with Crippen molar-refractivity contribution < 1.29 is 29.6 Å². The van der Waals surface area contributed by atoms with E-state index in [9.17, 15) is 20.1 Å². The maximum absolute atomic E-state index is 12.7. The van der Waals surface area contributed by atoms with E-state index in [1.165, 1.54) is 10.6 Å². The van der Waals surface area contributed by atoms with Crippen LogP contribution in [-0.2, 0) is 11.3 Å². The van der Waals surface area contributed by atoms with Crippen LogP contribution in [0, 0.1) is 0 Å². The highest BCUT2D eigenvalue weighted by Crippen LogP contribution is 2.39. The molecule has 0 spiro atoms. The van der Waals surface area contributed by atoms with Crippen LogP contribution in [0.4, 0.5) is 4.79 Å². The second-order valence-electron chi connectivity index (χ2n) is 12.8. The van der Waals surface area contributed by atoms with E-state index in [0.29, 0.717) is 42.5 Å². The molecule has 13 nitrogen and oxygen atoms in total. The number of benzene rings is 3. The molecule has 262 valence electrons. The van der Waals surface area contributed by atoms with E-state index in [-0.39, 0.29) is 35.8 Å². The number of aromatic hydroxyl groups is 3. The Hall–Kier alpha value is -6.60. The van der Waals surface area contributed by atoms with E-state index in [1.54, 1.807) is 12.1 Å². The third-order valence-electron chi connectivity index (χ3n) is 9.11. The minimum atomic E-state index is -0.581. The summed E-state index contributed by atoms with van der Waals surface area (Å²) in [6.45, 7) is 5.41. The number of ether oxygens (including phenoxy) is 2. The molecule has 0 saturated carbocycles. The van der Waals surface area contributed by atoms with Gasteiger partial charge in [0.1, 0.15) is 11.5 Å². The Balaban J connectivity index is 0.876. The van der Waals surface area contributed by atoms with E-state index in [0.717, 1.165) is 38.2 Å². The van der Waals surface area contributed by atoms with E-state index in [2.05, 4.69) is 21.6 Å². The number of amides is 1. The first kappa shape index (κ1) is 32.6. The largest absolute Gasteiger partial charge is 0.508 e. The first-order valence-corrected chi connectivity index (χ1v) is 16.9. The maximum atomic E-state index is 12.7. The normalized spacial score (nSPS) is 11.8. The van der Waals surface area contributed by atoms with Crippen LogP contribution >= 0.6 is 0 Å². The zero-order valence-electron chi connectivity index (χ0n) is 28.4. The fraction of sp³-hybridized carbons (Fsp3) is 0.179. The summed E-state index contributed by atoms with van der Waals surface area (Å²) in [5.41, 5.74) is 5.11. The number of rotatable bonds is 10. The van der Waals surface area contributed by atoms with Gasteiger partial charge in [0, 0.05) is 53.2 Å². The van der Waals surface area contributed by atoms with Gasteiger partial charge in [0.15, 0.2) is 5.82 Å². The van der Waals surface area contributed by atoms with Gasteiger partial charge in [0.25, 0.3) is 0 Å². The van der Waals surface area contributed by atoms with Gasteiger partial charge in [-0.05, 0) is 66.1 Å². The van der Waals surface area contributed by atoms with Gasteiger partial charge in [-0.1, -0.05) is 43.2 Å². The van der Waals surface area contributed by atoms with Crippen molar-refractivity contribution in [3.05, 3.63) is 103 Å². The predicted molar refractivity (Wildman–Crippen MR) is 196 cm³/mol. The third kappa shape index (κ3) is 5.96. The third-order valence-corrected chi connectivity index (χ3v) is 9.11. The van der Waals surface area contributed by atoms with Crippen LogP contribution in [0.15, 0.2) is 97.3 Å². The molecule has 5 aromatic heterocycles. The van der Waals surface area contributed by atoms with Gasteiger partial charge in [0.05, 0.1) is 41.0 Å². The lowest BCUT2D eigenvalue weighted by atomic mass is 9.98. The summed E-state index contributed by atoms with van der Waals surface area (Å²) in [5, 5.41) is 45.2. The van der Waals surface area contributed by atoms with Crippen molar-refractivity contribution >= 4 is 44.3 Å². The zero-order valence-corrected chi connectivity index (χ0v) is 28.4. The van der Waals surface area contributed by atoms with Crippen molar-refractivity contribution in [3.8, 4) is 40.5 Å². The number of para-hydroxylation sites is 1. The summed E-state index contributed by atoms with van der Waals surface area (Å²) in [6, 6.07) is 25.8. The van der Waals surface area contributed by atoms with E-state index < -0.39 is 6.09 Å². The lowest BCUT2D eigenvalue weighted by Gasteiger charge is -2.14. The molecule has 5 heterocycles. The Morgan fingerprint density at radius 3 is 2.58 bits per heavy atom. The Morgan fingerprint density at radius 1 is 0.846 bits per heavy atom. The molecule has 0 aliphatic rings. The molecule has 13 heteroatoms. The number of hydrogen-bond acceptors (Lipinski definition) is 9. The predicted octanol–water partition coefficient (Wildman–Crippen LogP) is 6.89. The molecule has 0 aliphatic heterocycles. The highest BCUT2D eigenvalue weighted by atomic mass is 16.6. The van der Waals surface area contributed by atoms with Gasteiger partial charge in [-0.15, -0.1) is 5.10 Å². The summed E-state index contributed by atoms with van der Waals surface area (Å²) in [7, 11) is 0. The van der Waals surface area contributed by atoms with Crippen molar-refractivity contribution in [2.75, 3.05) is 19.8 Å². The molecule has 4 N–H and O–H groups in total. The number of pyridine rings is 2. The number of nitrogens with zero attached hydrogens (tertiary/aromatic N) is 6. The monoisotopic (exact) mass is 697 g/mol. The van der Waals surface area contributed by atoms with Crippen LogP contribution in [0.25, 0.3) is 55.3 Å². The number of carbonyl (C=O) groups is 1. The van der Waals surface area contributed by atoms with Gasteiger partial charge < -0.3 is 34.7 Å². The number of phenols is 2. The number of phenolic OH excluding ortho intramolecular Hbond substituents is 2. The molecule has 8 rings (SSSR count). The Kier molecular flexibility index (Phi) is 8.32. The van der Waals surface area contributed by atoms with Crippen LogP contribution in [0.1, 0.15) is 25.3 Å². The molecule has 0 unspecified atom stereocenters. The smallest absolute Gasteiger partial charge is 0.413 e. The molecule has 0 bridgehead atoms. The van der Waals surface area contributed by atoms with Crippen molar-refractivity contribution in [1.82, 2.24) is 34.0 Å². The molecular weight excluding hydrogens is 662 g/mol. The molecule has 0 radical (unpaired) electrons. The Labute approximate surface area is 296 Å². The van der Waals surface area contributed by atoms with Crippen molar-refractivity contribution in [1.29, 1.82) is 0 Å². The Bertz CT molecular complexity index is 2620. The van der Waals surface area contributed by atoms with Crippen LogP contribution in [0.2, 0.25) is 0 Å². The second-order valence-corrected chi connectivity index (χ2v) is 12.8. The Morgan fingerprint density at radius 2 is 1.71 bits per heavy atom. The minimum absolute atomic E-state index is 0.00455. The SMILES string of the molecule is CC(C)c1cc(-c2nnc(O)n2-c2ccc3c(ccn3CCOCCNC(=O)Oc3cccc4c5nc6ccccc6cc5cn34)c2)c(O)cc1O. The fourth-order valence-electron chi connectivity index (χ4n) is 6.55. The summed E-state index contributed by atoms with van der Waals surface area (Å²) in [6.07, 6.45) is 3.29. The summed E-state index contributed by atoms with van der Waals surface area (Å²) >= 11 is 0. The van der Waals surface area contributed by atoms with E-state index in [1.807, 2.05) is 95.9 Å². The first-order chi connectivity index (χ1) is 25.2. The first-order valence-electron chi connectivity index (χ1n) is 16.9. The lowest BCUT2D eigenvalue weighted by molar-refractivity contribution is 0.126. The van der Waals surface area contributed by atoms with Gasteiger partial charge in [0.2, 0.25) is 5.88 Å².